The van der Waals surface area contributed by atoms with Gasteiger partial charge in [0.15, 0.2) is 5.41 Å². The van der Waals surface area contributed by atoms with Crippen molar-refractivity contribution in [1.82, 2.24) is 0 Å². The maximum atomic E-state index is 11.6. The molecule has 0 amide bonds. The highest BCUT2D eigenvalue weighted by Crippen LogP contribution is 2.49. The first kappa shape index (κ1) is 64.9. The van der Waals surface area contributed by atoms with Crippen molar-refractivity contribution in [2.75, 3.05) is 53.1 Å². The van der Waals surface area contributed by atoms with Gasteiger partial charge in [-0.1, -0.05) is 35.1 Å². The van der Waals surface area contributed by atoms with Crippen LogP contribution in [0, 0.1) is 5.41 Å². The number of ether oxygens (including phenoxy) is 1. The summed E-state index contributed by atoms with van der Waals surface area (Å²) in [6.07, 6.45) is -2.84. The SMILES string of the molecule is C.C.CC(C)(C(F)(F)F)C(F)(F)F.CC(C)=O.CCC.CCF.CF.COC.CS(C)(=O)=O.CSC. The lowest BCUT2D eigenvalue weighted by Crippen LogP contribution is -2.44. The van der Waals surface area contributed by atoms with Crippen LogP contribution in [0.25, 0.3) is 0 Å². The van der Waals surface area contributed by atoms with E-state index in [0.717, 1.165) is 12.5 Å². The van der Waals surface area contributed by atoms with Crippen LogP contribution >= 0.6 is 11.8 Å². The number of halogens is 8. The fourth-order valence-corrected chi connectivity index (χ4v) is 0.161. The molecule has 0 aliphatic heterocycles. The summed E-state index contributed by atoms with van der Waals surface area (Å²) in [6, 6.07) is 0. The average molecular weight is 599 g/mol. The first-order chi connectivity index (χ1) is 14.9. The molecule has 14 heteroatoms. The molecule has 0 aromatic rings. The van der Waals surface area contributed by atoms with Gasteiger partial charge in [0.2, 0.25) is 0 Å². The van der Waals surface area contributed by atoms with Crippen molar-refractivity contribution in [3.63, 3.8) is 0 Å². The number of rotatable bonds is 0. The molecule has 0 rings (SSSR count). The number of hydrogen-bond donors (Lipinski definition) is 0. The Morgan fingerprint density at radius 1 is 0.806 bits per heavy atom. The van der Waals surface area contributed by atoms with Crippen molar-refractivity contribution in [2.24, 2.45) is 5.41 Å². The number of carbonyl (C=O) groups is 1. The molecular weight excluding hydrogens is 544 g/mol. The summed E-state index contributed by atoms with van der Waals surface area (Å²) in [4.78, 5) is 9.44. The molecule has 0 saturated heterocycles. The van der Waals surface area contributed by atoms with Crippen molar-refractivity contribution in [3.8, 4) is 0 Å². The average Bonchev–Trinajstić information content (AvgIpc) is 2.55. The third-order valence-corrected chi connectivity index (χ3v) is 1.42. The Bertz CT molecular complexity index is 432. The predicted octanol–water partition coefficient (Wildman–Crippen LogP) is 8.89. The van der Waals surface area contributed by atoms with Crippen molar-refractivity contribution >= 4 is 27.4 Å². The van der Waals surface area contributed by atoms with E-state index in [1.165, 1.54) is 27.2 Å². The fourth-order valence-electron chi connectivity index (χ4n) is 0.161. The van der Waals surface area contributed by atoms with Crippen LogP contribution in [0.3, 0.4) is 0 Å². The molecule has 0 bridgehead atoms. The zero-order chi connectivity index (χ0) is 30.4. The van der Waals surface area contributed by atoms with E-state index in [1.807, 2.05) is 12.5 Å². The fraction of sp³-hybridized carbons (Fsp3) is 0.955. The largest absolute Gasteiger partial charge is 0.402 e. The van der Waals surface area contributed by atoms with E-state index in [1.54, 1.807) is 26.0 Å². The molecule has 0 aliphatic rings. The highest BCUT2D eigenvalue weighted by atomic mass is 32.2. The highest BCUT2D eigenvalue weighted by molar-refractivity contribution is 7.97. The van der Waals surface area contributed by atoms with Crippen molar-refractivity contribution in [3.05, 3.63) is 0 Å². The van der Waals surface area contributed by atoms with E-state index in [9.17, 15) is 48.3 Å². The number of thioether (sulfide) groups is 1. The van der Waals surface area contributed by atoms with Crippen LogP contribution in [0.2, 0.25) is 0 Å². The summed E-state index contributed by atoms with van der Waals surface area (Å²) < 4.78 is 113. The van der Waals surface area contributed by atoms with Gasteiger partial charge in [0.25, 0.3) is 0 Å². The number of sulfone groups is 1. The van der Waals surface area contributed by atoms with Crippen molar-refractivity contribution in [2.45, 2.75) is 82.1 Å². The van der Waals surface area contributed by atoms with Crippen molar-refractivity contribution in [1.29, 1.82) is 0 Å². The molecule has 0 heterocycles. The van der Waals surface area contributed by atoms with E-state index in [2.05, 4.69) is 18.6 Å². The molecule has 0 N–H and O–H groups in total. The quantitative estimate of drug-likeness (QED) is 0.261. The van der Waals surface area contributed by atoms with Gasteiger partial charge in [-0.25, -0.2) is 8.42 Å². The summed E-state index contributed by atoms with van der Waals surface area (Å²) in [5, 5.41) is 0. The van der Waals surface area contributed by atoms with Crippen LogP contribution in [0.15, 0.2) is 0 Å². The predicted molar refractivity (Wildman–Crippen MR) is 143 cm³/mol. The lowest BCUT2D eigenvalue weighted by Gasteiger charge is -2.29. The maximum absolute atomic E-state index is 11.6. The van der Waals surface area contributed by atoms with Gasteiger partial charge in [-0.05, 0) is 47.1 Å². The Labute approximate surface area is 221 Å². The summed E-state index contributed by atoms with van der Waals surface area (Å²) >= 11 is 1.75. The van der Waals surface area contributed by atoms with Gasteiger partial charge < -0.3 is 9.53 Å². The molecule has 234 valence electrons. The van der Waals surface area contributed by atoms with Crippen molar-refractivity contribution < 1.29 is 53.1 Å². The van der Waals surface area contributed by atoms with Crippen LogP contribution in [-0.4, -0.2) is 79.6 Å². The Balaban J connectivity index is -0.0000000291. The molecule has 0 radical (unpaired) electrons. The van der Waals surface area contributed by atoms with Gasteiger partial charge >= 0.3 is 12.4 Å². The van der Waals surface area contributed by atoms with Gasteiger partial charge in [-0.15, -0.1) is 0 Å². The topological polar surface area (TPSA) is 60.4 Å². The molecule has 4 nitrogen and oxygen atoms in total. The summed E-state index contributed by atoms with van der Waals surface area (Å²) in [7, 11) is 1.08. The second-order valence-electron chi connectivity index (χ2n) is 6.46. The smallest absolute Gasteiger partial charge is 0.388 e. The van der Waals surface area contributed by atoms with E-state index >= 15 is 0 Å². The Morgan fingerprint density at radius 2 is 0.861 bits per heavy atom. The second-order valence-corrected chi connectivity index (χ2v) is 9.56. The number of carbonyl (C=O) groups excluding carboxylic acids is 1. The van der Waals surface area contributed by atoms with Crippen LogP contribution in [0.4, 0.5) is 35.1 Å². The Kier molecular flexibility index (Phi) is 74.8. The first-order valence-corrected chi connectivity index (χ1v) is 13.3. The zero-order valence-electron chi connectivity index (χ0n) is 22.9. The minimum atomic E-state index is -5.24. The molecule has 0 aliphatic carbocycles. The second kappa shape index (κ2) is 41.5. The molecule has 36 heavy (non-hydrogen) atoms. The summed E-state index contributed by atoms with van der Waals surface area (Å²) in [5.74, 6) is 0.167. The van der Waals surface area contributed by atoms with E-state index in [0.29, 0.717) is 7.18 Å². The van der Waals surface area contributed by atoms with E-state index in [-0.39, 0.29) is 41.2 Å². The number of alkyl halides is 8. The molecule has 0 spiro atoms. The van der Waals surface area contributed by atoms with E-state index < -0.39 is 27.6 Å². The van der Waals surface area contributed by atoms with E-state index in [4.69, 9.17) is 0 Å². The minimum absolute atomic E-state index is 0. The van der Waals surface area contributed by atoms with Gasteiger partial charge in [0.05, 0.1) is 13.9 Å². The number of hydrogen-bond acceptors (Lipinski definition) is 5. The Hall–Kier alpha value is -0.630. The Morgan fingerprint density at radius 3 is 0.861 bits per heavy atom. The van der Waals surface area contributed by atoms with Crippen LogP contribution in [0.1, 0.15) is 69.7 Å². The lowest BCUT2D eigenvalue weighted by atomic mass is 9.92. The minimum Gasteiger partial charge on any atom is -0.388 e. The zero-order valence-corrected chi connectivity index (χ0v) is 24.5. The summed E-state index contributed by atoms with van der Waals surface area (Å²) in [6.45, 7) is 8.72. The highest BCUT2D eigenvalue weighted by Gasteiger charge is 2.64. The van der Waals surface area contributed by atoms with Gasteiger partial charge in [0.1, 0.15) is 15.6 Å². The van der Waals surface area contributed by atoms with Crippen LogP contribution in [0.5, 0.6) is 0 Å². The van der Waals surface area contributed by atoms with Crippen LogP contribution in [-0.2, 0) is 19.4 Å². The van der Waals surface area contributed by atoms with Crippen LogP contribution < -0.4 is 0 Å². The molecule has 0 saturated carbocycles. The number of Topliss-reactive ketones (excluding diaryl/α,β-unsaturated/α-hetero) is 1. The lowest BCUT2D eigenvalue weighted by molar-refractivity contribution is -0.327. The normalized spacial score (nSPS) is 9.17. The molecule has 0 atom stereocenters. The molecule has 0 unspecified atom stereocenters. The molecule has 0 aromatic heterocycles. The number of ketones is 1. The standard InChI is InChI=1S/C5H6F6.C3H6O.C3H8.C2H5F.C2H6O2S.C2H6O.C2H6S.CH3F.2CH4/c1-3(2,4(6,7)8)5(9,10)11;1-3(2)4;1-3-2;1-2-3;1-5(2,3)4;2*1-3-2;1-2;;/h1-2H3;1-2H3;3H2,1-2H3;2H2,1H3;1-2H3;2*1-2H3;1H3;2*1H4. The third kappa shape index (κ3) is 116. The molecule has 0 aromatic carbocycles. The van der Waals surface area contributed by atoms with Gasteiger partial charge in [-0.3, -0.25) is 8.78 Å². The van der Waals surface area contributed by atoms with Gasteiger partial charge in [0, 0.05) is 26.7 Å². The first-order valence-electron chi connectivity index (χ1n) is 9.39. The summed E-state index contributed by atoms with van der Waals surface area (Å²) in [5.41, 5.74) is -3.62. The molecular formula is C22H54F8O4S2. The third-order valence-electron chi connectivity index (χ3n) is 1.42. The number of methoxy groups -OCH3 is 1. The van der Waals surface area contributed by atoms with Gasteiger partial charge in [-0.2, -0.15) is 38.1 Å². The monoisotopic (exact) mass is 598 g/mol. The molecule has 0 fully saturated rings. The maximum Gasteiger partial charge on any atom is 0.402 e.